The molecule has 0 saturated heterocycles. The van der Waals surface area contributed by atoms with E-state index in [1.807, 2.05) is 13.8 Å². The Balaban J connectivity index is 2.10. The normalized spacial score (nSPS) is 22.0. The maximum absolute atomic E-state index is 9.20. The molecule has 0 amide bonds. The van der Waals surface area contributed by atoms with E-state index >= 15 is 0 Å². The van der Waals surface area contributed by atoms with Gasteiger partial charge in [-0.2, -0.15) is 10.4 Å². The van der Waals surface area contributed by atoms with E-state index in [4.69, 9.17) is 4.74 Å². The maximum atomic E-state index is 9.20. The fourth-order valence-corrected chi connectivity index (χ4v) is 2.24. The molecule has 0 aliphatic heterocycles. The largest absolute Gasteiger partial charge is 0.475 e. The Labute approximate surface area is 114 Å². The zero-order chi connectivity index (χ0) is 13.8. The van der Waals surface area contributed by atoms with Gasteiger partial charge in [-0.25, -0.2) is 0 Å². The van der Waals surface area contributed by atoms with Crippen molar-refractivity contribution in [2.24, 2.45) is 11.8 Å². The lowest BCUT2D eigenvalue weighted by atomic mass is 9.85. The Morgan fingerprint density at radius 2 is 2.05 bits per heavy atom. The number of aryl methyl sites for hydroxylation is 1. The Morgan fingerprint density at radius 1 is 1.32 bits per heavy atom. The molecule has 1 aliphatic rings. The minimum Gasteiger partial charge on any atom is -0.475 e. The van der Waals surface area contributed by atoms with Crippen molar-refractivity contribution < 1.29 is 4.74 Å². The molecule has 0 fully saturated rings. The molecular formula is C15H19N3O. The lowest BCUT2D eigenvalue weighted by Gasteiger charge is -2.25. The highest BCUT2D eigenvalue weighted by molar-refractivity contribution is 5.44. The van der Waals surface area contributed by atoms with Crippen molar-refractivity contribution in [3.63, 3.8) is 0 Å². The second kappa shape index (κ2) is 5.83. The highest BCUT2D eigenvalue weighted by Crippen LogP contribution is 2.26. The van der Waals surface area contributed by atoms with Crippen LogP contribution in [0.1, 0.15) is 36.6 Å². The average Bonchev–Trinajstić information content (AvgIpc) is 2.41. The Hall–Kier alpha value is -1.89. The van der Waals surface area contributed by atoms with Gasteiger partial charge in [0.25, 0.3) is 5.88 Å². The van der Waals surface area contributed by atoms with Crippen molar-refractivity contribution in [1.82, 2.24) is 10.2 Å². The average molecular weight is 257 g/mol. The lowest BCUT2D eigenvalue weighted by molar-refractivity contribution is 0.190. The standard InChI is InChI=1S/C15H19N3O/c1-10-6-4-5-7-13(10)9-19-15-14(8-16)11(2)12(3)17-18-15/h4-5,10,13H,6-7,9H2,1-3H3. The molecular weight excluding hydrogens is 238 g/mol. The van der Waals surface area contributed by atoms with Crippen LogP contribution in [-0.2, 0) is 0 Å². The summed E-state index contributed by atoms with van der Waals surface area (Å²) in [7, 11) is 0. The predicted molar refractivity (Wildman–Crippen MR) is 72.7 cm³/mol. The third-order valence-electron chi connectivity index (χ3n) is 3.89. The van der Waals surface area contributed by atoms with E-state index in [1.54, 1.807) is 0 Å². The van der Waals surface area contributed by atoms with Gasteiger partial charge in [0.05, 0.1) is 12.3 Å². The molecule has 0 saturated carbocycles. The number of ether oxygens (including phenoxy) is 1. The van der Waals surface area contributed by atoms with Crippen LogP contribution in [0.15, 0.2) is 12.2 Å². The Kier molecular flexibility index (Phi) is 4.16. The van der Waals surface area contributed by atoms with Crippen LogP contribution >= 0.6 is 0 Å². The maximum Gasteiger partial charge on any atom is 0.251 e. The van der Waals surface area contributed by atoms with Crippen molar-refractivity contribution in [3.8, 4) is 11.9 Å². The Morgan fingerprint density at radius 3 is 2.74 bits per heavy atom. The minimum atomic E-state index is 0.368. The lowest BCUT2D eigenvalue weighted by Crippen LogP contribution is -2.22. The quantitative estimate of drug-likeness (QED) is 0.781. The summed E-state index contributed by atoms with van der Waals surface area (Å²) < 4.78 is 5.74. The minimum absolute atomic E-state index is 0.368. The van der Waals surface area contributed by atoms with E-state index in [0.29, 0.717) is 29.9 Å². The molecule has 1 aliphatic carbocycles. The van der Waals surface area contributed by atoms with E-state index in [0.717, 1.165) is 24.1 Å². The number of aromatic nitrogens is 2. The summed E-state index contributed by atoms with van der Waals surface area (Å²) in [6, 6.07) is 2.16. The molecule has 4 heteroatoms. The molecule has 0 spiro atoms. The van der Waals surface area contributed by atoms with Crippen LogP contribution in [0.25, 0.3) is 0 Å². The first kappa shape index (κ1) is 13.5. The van der Waals surface area contributed by atoms with Gasteiger partial charge < -0.3 is 4.74 Å². The second-order valence-corrected chi connectivity index (χ2v) is 5.19. The summed E-state index contributed by atoms with van der Waals surface area (Å²) in [4.78, 5) is 0. The zero-order valence-electron chi connectivity index (χ0n) is 11.7. The topological polar surface area (TPSA) is 58.8 Å². The second-order valence-electron chi connectivity index (χ2n) is 5.19. The first-order valence-corrected chi connectivity index (χ1v) is 6.65. The molecule has 100 valence electrons. The third-order valence-corrected chi connectivity index (χ3v) is 3.89. The van der Waals surface area contributed by atoms with Gasteiger partial charge in [0.2, 0.25) is 0 Å². The van der Waals surface area contributed by atoms with Crippen molar-refractivity contribution in [2.45, 2.75) is 33.6 Å². The molecule has 4 nitrogen and oxygen atoms in total. The predicted octanol–water partition coefficient (Wildman–Crippen LogP) is 2.95. The number of hydrogen-bond acceptors (Lipinski definition) is 4. The molecule has 1 aromatic rings. The van der Waals surface area contributed by atoms with Crippen LogP contribution in [0.5, 0.6) is 5.88 Å². The summed E-state index contributed by atoms with van der Waals surface area (Å²) in [6.07, 6.45) is 6.54. The first-order chi connectivity index (χ1) is 9.13. The van der Waals surface area contributed by atoms with Crippen LogP contribution in [0.4, 0.5) is 0 Å². The summed E-state index contributed by atoms with van der Waals surface area (Å²) in [5.74, 6) is 1.46. The molecule has 2 atom stereocenters. The number of hydrogen-bond donors (Lipinski definition) is 0. The monoisotopic (exact) mass is 257 g/mol. The molecule has 0 bridgehead atoms. The molecule has 0 aromatic carbocycles. The van der Waals surface area contributed by atoms with Crippen molar-refractivity contribution in [1.29, 1.82) is 5.26 Å². The van der Waals surface area contributed by atoms with Crippen LogP contribution in [-0.4, -0.2) is 16.8 Å². The van der Waals surface area contributed by atoms with E-state index in [1.165, 1.54) is 0 Å². The molecule has 0 N–H and O–H groups in total. The van der Waals surface area contributed by atoms with Crippen molar-refractivity contribution >= 4 is 0 Å². The van der Waals surface area contributed by atoms with Crippen LogP contribution in [0.2, 0.25) is 0 Å². The molecule has 1 heterocycles. The highest BCUT2D eigenvalue weighted by Gasteiger charge is 2.20. The van der Waals surface area contributed by atoms with Gasteiger partial charge in [-0.1, -0.05) is 19.1 Å². The third kappa shape index (κ3) is 2.93. The molecule has 0 radical (unpaired) electrons. The van der Waals surface area contributed by atoms with Gasteiger partial charge in [0.1, 0.15) is 11.6 Å². The van der Waals surface area contributed by atoms with Crippen LogP contribution in [0.3, 0.4) is 0 Å². The van der Waals surface area contributed by atoms with E-state index < -0.39 is 0 Å². The van der Waals surface area contributed by atoms with E-state index in [2.05, 4.69) is 35.3 Å². The highest BCUT2D eigenvalue weighted by atomic mass is 16.5. The van der Waals surface area contributed by atoms with Gasteiger partial charge in [0.15, 0.2) is 0 Å². The number of rotatable bonds is 3. The van der Waals surface area contributed by atoms with Gasteiger partial charge >= 0.3 is 0 Å². The van der Waals surface area contributed by atoms with Gasteiger partial charge in [0, 0.05) is 0 Å². The van der Waals surface area contributed by atoms with Gasteiger partial charge in [-0.15, -0.1) is 5.10 Å². The summed E-state index contributed by atoms with van der Waals surface area (Å²) in [6.45, 7) is 6.55. The summed E-state index contributed by atoms with van der Waals surface area (Å²) in [5.41, 5.74) is 2.13. The molecule has 19 heavy (non-hydrogen) atoms. The fourth-order valence-electron chi connectivity index (χ4n) is 2.24. The smallest absolute Gasteiger partial charge is 0.251 e. The molecule has 1 aromatic heterocycles. The number of nitriles is 1. The SMILES string of the molecule is Cc1nnc(OCC2CC=CCC2C)c(C#N)c1C. The summed E-state index contributed by atoms with van der Waals surface area (Å²) in [5, 5.41) is 17.2. The first-order valence-electron chi connectivity index (χ1n) is 6.65. The molecule has 2 rings (SSSR count). The van der Waals surface area contributed by atoms with Crippen molar-refractivity contribution in [3.05, 3.63) is 29.0 Å². The van der Waals surface area contributed by atoms with Gasteiger partial charge in [-0.3, -0.25) is 0 Å². The van der Waals surface area contributed by atoms with Crippen molar-refractivity contribution in [2.75, 3.05) is 6.61 Å². The zero-order valence-corrected chi connectivity index (χ0v) is 11.7. The number of allylic oxidation sites excluding steroid dienone is 2. The fraction of sp³-hybridized carbons (Fsp3) is 0.533. The van der Waals surface area contributed by atoms with Crippen LogP contribution < -0.4 is 4.74 Å². The summed E-state index contributed by atoms with van der Waals surface area (Å²) >= 11 is 0. The Bertz CT molecular complexity index is 531. The van der Waals surface area contributed by atoms with E-state index in [9.17, 15) is 5.26 Å². The van der Waals surface area contributed by atoms with E-state index in [-0.39, 0.29) is 0 Å². The van der Waals surface area contributed by atoms with Gasteiger partial charge in [-0.05, 0) is 44.1 Å². The van der Waals surface area contributed by atoms with Crippen LogP contribution in [0, 0.1) is 37.0 Å². The molecule has 2 unspecified atom stereocenters. The number of nitrogens with zero attached hydrogens (tertiary/aromatic N) is 3.